The monoisotopic (exact) mass is 743 g/mol. The Morgan fingerprint density at radius 1 is 0.848 bits per heavy atom. The minimum Gasteiger partial charge on any atom is -0.354 e. The summed E-state index contributed by atoms with van der Waals surface area (Å²) in [4.78, 5) is 29.8. The Bertz CT molecular complexity index is 1750. The number of anilines is 1. The molecular formula is C35H36BrCl2N3O4S. The van der Waals surface area contributed by atoms with Crippen LogP contribution in [-0.2, 0) is 32.6 Å². The molecule has 0 aromatic heterocycles. The summed E-state index contributed by atoms with van der Waals surface area (Å²) in [7, 11) is -4.26. The van der Waals surface area contributed by atoms with Gasteiger partial charge in [-0.15, -0.1) is 0 Å². The topological polar surface area (TPSA) is 86.8 Å². The molecule has 0 aliphatic heterocycles. The summed E-state index contributed by atoms with van der Waals surface area (Å²) in [6.45, 7) is 5.73. The van der Waals surface area contributed by atoms with Crippen molar-refractivity contribution in [2.24, 2.45) is 5.92 Å². The molecule has 2 amide bonds. The van der Waals surface area contributed by atoms with E-state index in [1.165, 1.54) is 35.2 Å². The van der Waals surface area contributed by atoms with Gasteiger partial charge in [-0.05, 0) is 66.4 Å². The Labute approximate surface area is 289 Å². The second-order valence-corrected chi connectivity index (χ2v) is 15.0. The van der Waals surface area contributed by atoms with Crippen LogP contribution < -0.4 is 9.62 Å². The molecule has 0 heterocycles. The molecule has 4 aromatic rings. The maximum Gasteiger partial charge on any atom is 0.264 e. The molecule has 0 spiro atoms. The maximum absolute atomic E-state index is 14.5. The number of carbonyl (C=O) groups excluding carboxylic acids is 2. The zero-order chi connectivity index (χ0) is 33.4. The number of aryl methyl sites for hydroxylation is 1. The van der Waals surface area contributed by atoms with Gasteiger partial charge in [-0.3, -0.25) is 13.9 Å². The SMILES string of the molecule is Cc1ccc(S(=O)(=O)N(CC(=O)N(Cc2ccc(Br)cc2)[C@@H](Cc2ccccc2)C(=O)NCC(C)C)c2ccc(Cl)c(Cl)c2)cc1. The van der Waals surface area contributed by atoms with Gasteiger partial charge in [0.1, 0.15) is 12.6 Å². The predicted molar refractivity (Wildman–Crippen MR) is 189 cm³/mol. The average molecular weight is 746 g/mol. The Hall–Kier alpha value is -3.37. The van der Waals surface area contributed by atoms with Crippen molar-refractivity contribution in [3.8, 4) is 0 Å². The number of halogens is 3. The van der Waals surface area contributed by atoms with Gasteiger partial charge in [-0.1, -0.05) is 113 Å². The summed E-state index contributed by atoms with van der Waals surface area (Å²) in [6.07, 6.45) is 0.227. The summed E-state index contributed by atoms with van der Waals surface area (Å²) < 4.78 is 30.2. The first-order valence-electron chi connectivity index (χ1n) is 14.7. The van der Waals surface area contributed by atoms with Crippen LogP contribution in [0, 0.1) is 12.8 Å². The van der Waals surface area contributed by atoms with Crippen LogP contribution in [0.15, 0.2) is 106 Å². The van der Waals surface area contributed by atoms with Crippen molar-refractivity contribution in [2.75, 3.05) is 17.4 Å². The first kappa shape index (κ1) is 35.5. The number of amides is 2. The molecule has 0 unspecified atom stereocenters. The lowest BCUT2D eigenvalue weighted by Gasteiger charge is -2.34. The van der Waals surface area contributed by atoms with Crippen LogP contribution in [0.4, 0.5) is 5.69 Å². The van der Waals surface area contributed by atoms with Crippen LogP contribution >= 0.6 is 39.1 Å². The van der Waals surface area contributed by atoms with Crippen LogP contribution in [0.25, 0.3) is 0 Å². The minimum atomic E-state index is -4.26. The van der Waals surface area contributed by atoms with E-state index in [9.17, 15) is 18.0 Å². The zero-order valence-electron chi connectivity index (χ0n) is 25.8. The molecule has 1 atom stereocenters. The van der Waals surface area contributed by atoms with E-state index in [1.54, 1.807) is 12.1 Å². The normalized spacial score (nSPS) is 12.1. The van der Waals surface area contributed by atoms with Gasteiger partial charge < -0.3 is 10.2 Å². The van der Waals surface area contributed by atoms with E-state index < -0.39 is 28.5 Å². The fraction of sp³-hybridized carbons (Fsp3) is 0.257. The molecule has 0 aliphatic rings. The van der Waals surface area contributed by atoms with Gasteiger partial charge in [-0.2, -0.15) is 0 Å². The summed E-state index contributed by atoms with van der Waals surface area (Å²) in [6, 6.07) is 26.7. The van der Waals surface area contributed by atoms with Crippen molar-refractivity contribution >= 4 is 66.7 Å². The molecule has 7 nitrogen and oxygen atoms in total. The summed E-state index contributed by atoms with van der Waals surface area (Å²) in [5, 5.41) is 3.37. The van der Waals surface area contributed by atoms with E-state index in [-0.39, 0.29) is 45.4 Å². The molecule has 11 heteroatoms. The van der Waals surface area contributed by atoms with E-state index >= 15 is 0 Å². The van der Waals surface area contributed by atoms with Gasteiger partial charge in [0.05, 0.1) is 20.6 Å². The largest absolute Gasteiger partial charge is 0.354 e. The lowest BCUT2D eigenvalue weighted by molar-refractivity contribution is -0.140. The smallest absolute Gasteiger partial charge is 0.264 e. The van der Waals surface area contributed by atoms with Crippen molar-refractivity contribution in [3.63, 3.8) is 0 Å². The van der Waals surface area contributed by atoms with E-state index in [4.69, 9.17) is 23.2 Å². The van der Waals surface area contributed by atoms with Gasteiger partial charge >= 0.3 is 0 Å². The Morgan fingerprint density at radius 2 is 1.50 bits per heavy atom. The highest BCUT2D eigenvalue weighted by Gasteiger charge is 2.35. The molecule has 1 N–H and O–H groups in total. The number of benzene rings is 4. The molecule has 0 aliphatic carbocycles. The fourth-order valence-corrected chi connectivity index (χ4v) is 6.73. The van der Waals surface area contributed by atoms with Gasteiger partial charge in [0.15, 0.2) is 0 Å². The van der Waals surface area contributed by atoms with Gasteiger partial charge in [0.2, 0.25) is 11.8 Å². The van der Waals surface area contributed by atoms with Crippen LogP contribution in [0.1, 0.15) is 30.5 Å². The number of nitrogens with one attached hydrogen (secondary N) is 1. The van der Waals surface area contributed by atoms with Crippen molar-refractivity contribution in [3.05, 3.63) is 128 Å². The number of hydrogen-bond acceptors (Lipinski definition) is 4. The first-order valence-corrected chi connectivity index (χ1v) is 17.7. The predicted octanol–water partition coefficient (Wildman–Crippen LogP) is 7.67. The fourth-order valence-electron chi connectivity index (χ4n) is 4.77. The molecule has 0 radical (unpaired) electrons. The number of rotatable bonds is 13. The molecule has 0 fully saturated rings. The Kier molecular flexibility index (Phi) is 12.3. The van der Waals surface area contributed by atoms with Crippen molar-refractivity contribution < 1.29 is 18.0 Å². The average Bonchev–Trinajstić information content (AvgIpc) is 3.03. The number of nitrogens with zero attached hydrogens (tertiary/aromatic N) is 2. The molecule has 0 bridgehead atoms. The van der Waals surface area contributed by atoms with Crippen molar-refractivity contribution in [1.82, 2.24) is 10.2 Å². The molecule has 0 saturated heterocycles. The lowest BCUT2D eigenvalue weighted by atomic mass is 10.0. The third kappa shape index (κ3) is 9.35. The van der Waals surface area contributed by atoms with Gasteiger partial charge in [-0.25, -0.2) is 8.42 Å². The highest BCUT2D eigenvalue weighted by molar-refractivity contribution is 9.10. The quantitative estimate of drug-likeness (QED) is 0.152. The van der Waals surface area contributed by atoms with Crippen LogP contribution in [0.5, 0.6) is 0 Å². The third-order valence-electron chi connectivity index (χ3n) is 7.30. The Balaban J connectivity index is 1.81. The molecular weight excluding hydrogens is 709 g/mol. The maximum atomic E-state index is 14.5. The van der Waals surface area contributed by atoms with Gasteiger partial charge in [0.25, 0.3) is 10.0 Å². The minimum absolute atomic E-state index is 0.00643. The van der Waals surface area contributed by atoms with Crippen molar-refractivity contribution in [2.45, 2.75) is 44.7 Å². The summed E-state index contributed by atoms with van der Waals surface area (Å²) in [5.74, 6) is -0.711. The van der Waals surface area contributed by atoms with E-state index in [2.05, 4.69) is 21.2 Å². The number of hydrogen-bond donors (Lipinski definition) is 1. The van der Waals surface area contributed by atoms with Crippen LogP contribution in [0.3, 0.4) is 0 Å². The first-order chi connectivity index (χ1) is 21.8. The van der Waals surface area contributed by atoms with Crippen molar-refractivity contribution in [1.29, 1.82) is 0 Å². The second kappa shape index (κ2) is 16.0. The zero-order valence-corrected chi connectivity index (χ0v) is 29.7. The highest BCUT2D eigenvalue weighted by atomic mass is 79.9. The third-order valence-corrected chi connectivity index (χ3v) is 10.4. The lowest BCUT2D eigenvalue weighted by Crippen LogP contribution is -2.53. The second-order valence-electron chi connectivity index (χ2n) is 11.4. The highest BCUT2D eigenvalue weighted by Crippen LogP contribution is 2.31. The standard InChI is InChI=1S/C35H36BrCl2N3O4S/c1-24(2)21-39-35(43)33(19-26-7-5-4-6-8-26)40(22-27-11-13-28(36)14-12-27)34(42)23-41(29-15-18-31(37)32(38)20-29)46(44,45)30-16-9-25(3)10-17-30/h4-18,20,24,33H,19,21-23H2,1-3H3,(H,39,43)/t33-/m0/s1. The number of sulfonamides is 1. The number of carbonyl (C=O) groups is 2. The molecule has 46 heavy (non-hydrogen) atoms. The molecule has 242 valence electrons. The summed E-state index contributed by atoms with van der Waals surface area (Å²) >= 11 is 16.0. The molecule has 0 saturated carbocycles. The Morgan fingerprint density at radius 3 is 2.11 bits per heavy atom. The van der Waals surface area contributed by atoms with Crippen LogP contribution in [0.2, 0.25) is 10.0 Å². The summed E-state index contributed by atoms with van der Waals surface area (Å²) in [5.41, 5.74) is 2.67. The van der Waals surface area contributed by atoms with Gasteiger partial charge in [0, 0.05) is 24.0 Å². The molecule has 4 aromatic carbocycles. The van der Waals surface area contributed by atoms with E-state index in [0.29, 0.717) is 6.54 Å². The van der Waals surface area contributed by atoms with Crippen LogP contribution in [-0.4, -0.2) is 44.3 Å². The van der Waals surface area contributed by atoms with E-state index in [1.807, 2.05) is 75.4 Å². The van der Waals surface area contributed by atoms with E-state index in [0.717, 1.165) is 25.5 Å². The molecule has 4 rings (SSSR count).